The van der Waals surface area contributed by atoms with Crippen LogP contribution in [0.1, 0.15) is 25.7 Å². The Kier molecular flexibility index (Phi) is 3.61. The number of nitrogens with one attached hydrogen (secondary N) is 2. The number of amides is 1. The highest BCUT2D eigenvalue weighted by Gasteiger charge is 2.41. The smallest absolute Gasteiger partial charge is 0.238 e. The van der Waals surface area contributed by atoms with E-state index in [4.69, 9.17) is 0 Å². The van der Waals surface area contributed by atoms with Crippen LogP contribution in [0.3, 0.4) is 0 Å². The van der Waals surface area contributed by atoms with Gasteiger partial charge in [-0.3, -0.25) is 4.79 Å². The van der Waals surface area contributed by atoms with Crippen LogP contribution in [-0.2, 0) is 4.79 Å². The number of thioether (sulfide) groups is 1. The number of hydrogen-bond donors (Lipinski definition) is 2. The van der Waals surface area contributed by atoms with Gasteiger partial charge in [0.05, 0.1) is 6.04 Å². The molecule has 0 aromatic heterocycles. The predicted molar refractivity (Wildman–Crippen MR) is 71.1 cm³/mol. The van der Waals surface area contributed by atoms with E-state index in [2.05, 4.69) is 10.6 Å². The molecule has 2 N–H and O–H groups in total. The highest BCUT2D eigenvalue weighted by Crippen LogP contribution is 2.48. The quantitative estimate of drug-likeness (QED) is 0.776. The molecule has 3 nitrogen and oxygen atoms in total. The van der Waals surface area contributed by atoms with Crippen LogP contribution < -0.4 is 10.6 Å². The van der Waals surface area contributed by atoms with Crippen molar-refractivity contribution in [2.24, 2.45) is 17.8 Å². The van der Waals surface area contributed by atoms with Crippen molar-refractivity contribution in [3.63, 3.8) is 0 Å². The number of carbonyl (C=O) groups excluding carboxylic acids is 1. The number of rotatable bonds is 5. The maximum Gasteiger partial charge on any atom is 0.238 e. The third-order valence-corrected chi connectivity index (χ3v) is 5.27. The van der Waals surface area contributed by atoms with Crippen LogP contribution >= 0.6 is 11.8 Å². The largest absolute Gasteiger partial charge is 0.354 e. The van der Waals surface area contributed by atoms with Crippen molar-refractivity contribution in [3.05, 3.63) is 0 Å². The SMILES string of the molecule is O=C(NCC(C1CC1)C1CC1)C1CSCCN1. The lowest BCUT2D eigenvalue weighted by Gasteiger charge is -2.24. The minimum absolute atomic E-state index is 0.0489. The van der Waals surface area contributed by atoms with Crippen LogP contribution in [0.4, 0.5) is 0 Å². The molecule has 3 aliphatic rings. The average Bonchev–Trinajstić information content (AvgIpc) is 3.24. The molecule has 1 saturated heterocycles. The molecule has 2 saturated carbocycles. The molecule has 1 atom stereocenters. The van der Waals surface area contributed by atoms with Crippen molar-refractivity contribution < 1.29 is 4.79 Å². The van der Waals surface area contributed by atoms with Crippen LogP contribution in [0.15, 0.2) is 0 Å². The summed E-state index contributed by atoms with van der Waals surface area (Å²) < 4.78 is 0. The predicted octanol–water partition coefficient (Wildman–Crippen LogP) is 1.24. The summed E-state index contributed by atoms with van der Waals surface area (Å²) in [6.45, 7) is 1.90. The summed E-state index contributed by atoms with van der Waals surface area (Å²) in [5.74, 6) is 4.94. The molecule has 2 aliphatic carbocycles. The van der Waals surface area contributed by atoms with Gasteiger partial charge < -0.3 is 10.6 Å². The Bertz CT molecular complexity index is 271. The minimum atomic E-state index is 0.0489. The zero-order chi connectivity index (χ0) is 11.7. The molecule has 3 rings (SSSR count). The minimum Gasteiger partial charge on any atom is -0.354 e. The molecule has 3 fully saturated rings. The fraction of sp³-hybridized carbons (Fsp3) is 0.923. The van der Waals surface area contributed by atoms with Gasteiger partial charge in [-0.1, -0.05) is 0 Å². The number of carbonyl (C=O) groups is 1. The standard InChI is InChI=1S/C13H22N2OS/c16-13(12-8-17-6-5-14-12)15-7-11(9-1-2-9)10-3-4-10/h9-12,14H,1-8H2,(H,15,16). The Balaban J connectivity index is 1.44. The van der Waals surface area contributed by atoms with Crippen LogP contribution in [0, 0.1) is 17.8 Å². The zero-order valence-corrected chi connectivity index (χ0v) is 11.1. The van der Waals surface area contributed by atoms with E-state index in [1.165, 1.54) is 25.7 Å². The van der Waals surface area contributed by atoms with Gasteiger partial charge in [-0.05, 0) is 43.4 Å². The second-order valence-electron chi connectivity index (χ2n) is 5.67. The van der Waals surface area contributed by atoms with E-state index in [-0.39, 0.29) is 11.9 Å². The molecule has 0 aromatic carbocycles. The molecule has 1 unspecified atom stereocenters. The van der Waals surface area contributed by atoms with Gasteiger partial charge >= 0.3 is 0 Å². The van der Waals surface area contributed by atoms with Crippen LogP contribution in [-0.4, -0.2) is 36.5 Å². The Labute approximate surface area is 107 Å². The normalized spacial score (nSPS) is 29.4. The Morgan fingerprint density at radius 2 is 2.00 bits per heavy atom. The van der Waals surface area contributed by atoms with E-state index < -0.39 is 0 Å². The summed E-state index contributed by atoms with van der Waals surface area (Å²) in [4.78, 5) is 12.0. The first-order valence-corrected chi connectivity index (χ1v) is 8.09. The van der Waals surface area contributed by atoms with E-state index in [1.54, 1.807) is 0 Å². The van der Waals surface area contributed by atoms with Crippen molar-refractivity contribution >= 4 is 17.7 Å². The van der Waals surface area contributed by atoms with Gasteiger partial charge in [-0.15, -0.1) is 0 Å². The third kappa shape index (κ3) is 3.16. The fourth-order valence-electron chi connectivity index (χ4n) is 2.84. The van der Waals surface area contributed by atoms with Gasteiger partial charge in [-0.2, -0.15) is 11.8 Å². The monoisotopic (exact) mass is 254 g/mol. The molecule has 96 valence electrons. The number of hydrogen-bond acceptors (Lipinski definition) is 3. The van der Waals surface area contributed by atoms with Gasteiger partial charge in [0.15, 0.2) is 0 Å². The zero-order valence-electron chi connectivity index (χ0n) is 10.3. The summed E-state index contributed by atoms with van der Waals surface area (Å²) in [7, 11) is 0. The second kappa shape index (κ2) is 5.19. The van der Waals surface area contributed by atoms with Crippen LogP contribution in [0.5, 0.6) is 0 Å². The molecule has 1 heterocycles. The maximum absolute atomic E-state index is 12.0. The lowest BCUT2D eigenvalue weighted by molar-refractivity contribution is -0.122. The lowest BCUT2D eigenvalue weighted by Crippen LogP contribution is -2.50. The molecule has 17 heavy (non-hydrogen) atoms. The van der Waals surface area contributed by atoms with Crippen molar-refractivity contribution in [2.45, 2.75) is 31.7 Å². The van der Waals surface area contributed by atoms with Gasteiger partial charge in [0.1, 0.15) is 0 Å². The van der Waals surface area contributed by atoms with Crippen molar-refractivity contribution in [3.8, 4) is 0 Å². The average molecular weight is 254 g/mol. The summed E-state index contributed by atoms with van der Waals surface area (Å²) in [5.41, 5.74) is 0. The highest BCUT2D eigenvalue weighted by atomic mass is 32.2. The third-order valence-electron chi connectivity index (χ3n) is 4.21. The van der Waals surface area contributed by atoms with E-state index in [1.807, 2.05) is 11.8 Å². The summed E-state index contributed by atoms with van der Waals surface area (Å²) in [5, 5.41) is 6.48. The van der Waals surface area contributed by atoms with E-state index in [9.17, 15) is 4.79 Å². The second-order valence-corrected chi connectivity index (χ2v) is 6.82. The molecule has 4 heteroatoms. The van der Waals surface area contributed by atoms with Crippen molar-refractivity contribution in [1.82, 2.24) is 10.6 Å². The van der Waals surface area contributed by atoms with Crippen molar-refractivity contribution in [2.75, 3.05) is 24.6 Å². The summed E-state index contributed by atoms with van der Waals surface area (Å²) in [6.07, 6.45) is 5.59. The van der Waals surface area contributed by atoms with Gasteiger partial charge in [0.25, 0.3) is 0 Å². The molecule has 0 bridgehead atoms. The van der Waals surface area contributed by atoms with Gasteiger partial charge in [0, 0.05) is 24.6 Å². The van der Waals surface area contributed by atoms with Crippen LogP contribution in [0.2, 0.25) is 0 Å². The van der Waals surface area contributed by atoms with Crippen LogP contribution in [0.25, 0.3) is 0 Å². The topological polar surface area (TPSA) is 41.1 Å². The van der Waals surface area contributed by atoms with Gasteiger partial charge in [0.2, 0.25) is 5.91 Å². The maximum atomic E-state index is 12.0. The van der Waals surface area contributed by atoms with E-state index in [0.717, 1.165) is 42.3 Å². The van der Waals surface area contributed by atoms with E-state index >= 15 is 0 Å². The molecule has 0 spiro atoms. The molecule has 1 aliphatic heterocycles. The summed E-state index contributed by atoms with van der Waals surface area (Å²) in [6, 6.07) is 0.0489. The Morgan fingerprint density at radius 1 is 1.29 bits per heavy atom. The van der Waals surface area contributed by atoms with Crippen molar-refractivity contribution in [1.29, 1.82) is 0 Å². The first-order chi connectivity index (χ1) is 8.34. The molecular formula is C13H22N2OS. The first kappa shape index (κ1) is 11.8. The van der Waals surface area contributed by atoms with Gasteiger partial charge in [-0.25, -0.2) is 0 Å². The lowest BCUT2D eigenvalue weighted by atomic mass is 9.98. The summed E-state index contributed by atoms with van der Waals surface area (Å²) >= 11 is 1.88. The van der Waals surface area contributed by atoms with E-state index in [0.29, 0.717) is 0 Å². The molecule has 0 aromatic rings. The molecular weight excluding hydrogens is 232 g/mol. The molecule has 1 amide bonds. The Morgan fingerprint density at radius 3 is 2.53 bits per heavy atom. The highest BCUT2D eigenvalue weighted by molar-refractivity contribution is 7.99. The molecule has 0 radical (unpaired) electrons. The first-order valence-electron chi connectivity index (χ1n) is 6.93. The fourth-order valence-corrected chi connectivity index (χ4v) is 3.78. The Hall–Kier alpha value is -0.220.